The number of hydrogen-bond acceptors (Lipinski definition) is 3. The summed E-state index contributed by atoms with van der Waals surface area (Å²) >= 11 is 0. The molecule has 3 heteroatoms. The van der Waals surface area contributed by atoms with Crippen LogP contribution in [-0.4, -0.2) is 18.3 Å². The quantitative estimate of drug-likeness (QED) is 0.721. The van der Waals surface area contributed by atoms with Crippen molar-refractivity contribution in [3.05, 3.63) is 29.8 Å². The minimum absolute atomic E-state index is 0.00000142. The molecule has 12 heavy (non-hydrogen) atoms. The van der Waals surface area contributed by atoms with Crippen LogP contribution in [0.25, 0.3) is 0 Å². The summed E-state index contributed by atoms with van der Waals surface area (Å²) < 4.78 is 5.10. The first-order valence-electron chi connectivity index (χ1n) is 3.60. The Kier molecular flexibility index (Phi) is 3.12. The molecule has 0 saturated carbocycles. The zero-order valence-corrected chi connectivity index (χ0v) is 6.53. The van der Waals surface area contributed by atoms with Crippen molar-refractivity contribution in [3.63, 3.8) is 0 Å². The topological polar surface area (TPSA) is 53.2 Å². The Labute approximate surface area is 70.8 Å². The van der Waals surface area contributed by atoms with Crippen LogP contribution >= 0.6 is 0 Å². The van der Waals surface area contributed by atoms with Gasteiger partial charge in [-0.3, -0.25) is 0 Å². The molecule has 0 amide bonds. The van der Waals surface area contributed by atoms with Gasteiger partial charge in [0.2, 0.25) is 0 Å². The van der Waals surface area contributed by atoms with Crippen LogP contribution in [0.15, 0.2) is 24.3 Å². The second-order valence-corrected chi connectivity index (χ2v) is 2.21. The van der Waals surface area contributed by atoms with Gasteiger partial charge in [0.05, 0.1) is 18.2 Å². The van der Waals surface area contributed by atoms with Gasteiger partial charge in [0.25, 0.3) is 0 Å². The van der Waals surface area contributed by atoms with E-state index in [1.165, 1.54) is 0 Å². The Morgan fingerprint density at radius 3 is 2.50 bits per heavy atom. The SMILES string of the molecule is N#Cc1ccc(OCCO)cc1. The summed E-state index contributed by atoms with van der Waals surface area (Å²) in [5, 5.41) is 16.9. The molecule has 0 atom stereocenters. The van der Waals surface area contributed by atoms with Gasteiger partial charge in [-0.15, -0.1) is 0 Å². The van der Waals surface area contributed by atoms with Crippen LogP contribution in [0.5, 0.6) is 5.75 Å². The monoisotopic (exact) mass is 163 g/mol. The lowest BCUT2D eigenvalue weighted by Crippen LogP contribution is -2.01. The fourth-order valence-electron chi connectivity index (χ4n) is 0.789. The third-order valence-electron chi connectivity index (χ3n) is 1.34. The summed E-state index contributed by atoms with van der Waals surface area (Å²) in [7, 11) is 0. The van der Waals surface area contributed by atoms with Gasteiger partial charge < -0.3 is 9.84 Å². The fraction of sp³-hybridized carbons (Fsp3) is 0.222. The molecule has 0 unspecified atom stereocenters. The largest absolute Gasteiger partial charge is 0.491 e. The lowest BCUT2D eigenvalue weighted by Gasteiger charge is -2.02. The highest BCUT2D eigenvalue weighted by molar-refractivity contribution is 5.34. The van der Waals surface area contributed by atoms with E-state index in [2.05, 4.69) is 0 Å². The molecule has 0 aliphatic rings. The van der Waals surface area contributed by atoms with Crippen LogP contribution in [0, 0.1) is 11.3 Å². The van der Waals surface area contributed by atoms with Crippen molar-refractivity contribution in [1.29, 1.82) is 5.26 Å². The molecule has 1 aromatic rings. The average Bonchev–Trinajstić information content (AvgIpc) is 2.15. The summed E-state index contributed by atoms with van der Waals surface area (Å²) in [6.45, 7) is 0.284. The van der Waals surface area contributed by atoms with E-state index in [0.717, 1.165) is 0 Å². The molecule has 62 valence electrons. The summed E-state index contributed by atoms with van der Waals surface area (Å²) in [6.07, 6.45) is 0. The summed E-state index contributed by atoms with van der Waals surface area (Å²) in [5.41, 5.74) is 0.603. The smallest absolute Gasteiger partial charge is 0.119 e. The molecule has 0 fully saturated rings. The molecular weight excluding hydrogens is 154 g/mol. The molecule has 0 heterocycles. The zero-order valence-electron chi connectivity index (χ0n) is 6.53. The van der Waals surface area contributed by atoms with E-state index in [9.17, 15) is 0 Å². The number of nitriles is 1. The first-order chi connectivity index (χ1) is 5.86. The highest BCUT2D eigenvalue weighted by Gasteiger charge is 1.92. The van der Waals surface area contributed by atoms with Crippen LogP contribution in [0.4, 0.5) is 0 Å². The highest BCUT2D eigenvalue weighted by Crippen LogP contribution is 2.10. The third kappa shape index (κ3) is 2.26. The first kappa shape index (κ1) is 8.57. The Balaban J connectivity index is 2.60. The molecule has 1 aromatic carbocycles. The summed E-state index contributed by atoms with van der Waals surface area (Å²) in [5.74, 6) is 0.669. The Morgan fingerprint density at radius 1 is 1.33 bits per heavy atom. The Morgan fingerprint density at radius 2 is 2.00 bits per heavy atom. The van der Waals surface area contributed by atoms with Crippen LogP contribution in [0.2, 0.25) is 0 Å². The highest BCUT2D eigenvalue weighted by atomic mass is 16.5. The summed E-state index contributed by atoms with van der Waals surface area (Å²) in [4.78, 5) is 0. The van der Waals surface area contributed by atoms with Crippen LogP contribution in [0.3, 0.4) is 0 Å². The Hall–Kier alpha value is -1.53. The number of aliphatic hydroxyl groups excluding tert-OH is 1. The van der Waals surface area contributed by atoms with Gasteiger partial charge in [0.15, 0.2) is 0 Å². The normalized spacial score (nSPS) is 9.00. The number of benzene rings is 1. The molecule has 0 spiro atoms. The van der Waals surface area contributed by atoms with Gasteiger partial charge in [-0.1, -0.05) is 0 Å². The lowest BCUT2D eigenvalue weighted by molar-refractivity contribution is 0.201. The molecule has 3 nitrogen and oxygen atoms in total. The third-order valence-corrected chi connectivity index (χ3v) is 1.34. The van der Waals surface area contributed by atoms with Gasteiger partial charge in [-0.05, 0) is 24.3 Å². The lowest BCUT2D eigenvalue weighted by atomic mass is 10.2. The van der Waals surface area contributed by atoms with E-state index in [0.29, 0.717) is 11.3 Å². The van der Waals surface area contributed by atoms with E-state index in [1.54, 1.807) is 24.3 Å². The number of rotatable bonds is 3. The standard InChI is InChI=1S/C9H9NO2/c10-7-8-1-3-9(4-2-8)12-6-5-11/h1-4,11H,5-6H2. The second-order valence-electron chi connectivity index (χ2n) is 2.21. The van der Waals surface area contributed by atoms with E-state index in [1.807, 2.05) is 6.07 Å². The van der Waals surface area contributed by atoms with Crippen molar-refractivity contribution in [1.82, 2.24) is 0 Å². The van der Waals surface area contributed by atoms with Gasteiger partial charge >= 0.3 is 0 Å². The van der Waals surface area contributed by atoms with Crippen LogP contribution < -0.4 is 4.74 Å². The molecule has 0 aromatic heterocycles. The number of hydrogen-bond donors (Lipinski definition) is 1. The molecule has 0 saturated heterocycles. The van der Waals surface area contributed by atoms with Crippen molar-refractivity contribution in [2.75, 3.05) is 13.2 Å². The predicted octanol–water partition coefficient (Wildman–Crippen LogP) is 0.929. The maximum Gasteiger partial charge on any atom is 0.119 e. The molecule has 0 aliphatic carbocycles. The zero-order chi connectivity index (χ0) is 8.81. The number of nitrogens with zero attached hydrogens (tertiary/aromatic N) is 1. The first-order valence-corrected chi connectivity index (χ1v) is 3.60. The number of aliphatic hydroxyl groups is 1. The average molecular weight is 163 g/mol. The predicted molar refractivity (Wildman–Crippen MR) is 43.7 cm³/mol. The molecule has 0 radical (unpaired) electrons. The van der Waals surface area contributed by atoms with Crippen LogP contribution in [-0.2, 0) is 0 Å². The van der Waals surface area contributed by atoms with E-state index < -0.39 is 0 Å². The van der Waals surface area contributed by atoms with Gasteiger partial charge in [0.1, 0.15) is 12.4 Å². The fourth-order valence-corrected chi connectivity index (χ4v) is 0.789. The van der Waals surface area contributed by atoms with Crippen molar-refractivity contribution < 1.29 is 9.84 Å². The molecule has 0 aliphatic heterocycles. The molecular formula is C9H9NO2. The van der Waals surface area contributed by atoms with Gasteiger partial charge in [-0.2, -0.15) is 5.26 Å². The number of ether oxygens (including phenoxy) is 1. The molecule has 1 N–H and O–H groups in total. The van der Waals surface area contributed by atoms with Crippen molar-refractivity contribution >= 4 is 0 Å². The molecule has 1 rings (SSSR count). The second kappa shape index (κ2) is 4.37. The molecule has 0 bridgehead atoms. The Bertz CT molecular complexity index is 274. The van der Waals surface area contributed by atoms with Crippen molar-refractivity contribution in [3.8, 4) is 11.8 Å². The van der Waals surface area contributed by atoms with Crippen LogP contribution in [0.1, 0.15) is 5.56 Å². The van der Waals surface area contributed by atoms with Crippen molar-refractivity contribution in [2.24, 2.45) is 0 Å². The minimum Gasteiger partial charge on any atom is -0.491 e. The minimum atomic E-state index is 0.00000142. The van der Waals surface area contributed by atoms with Crippen molar-refractivity contribution in [2.45, 2.75) is 0 Å². The van der Waals surface area contributed by atoms with E-state index in [-0.39, 0.29) is 13.2 Å². The maximum absolute atomic E-state index is 8.47. The maximum atomic E-state index is 8.47. The van der Waals surface area contributed by atoms with E-state index >= 15 is 0 Å². The van der Waals surface area contributed by atoms with Gasteiger partial charge in [0, 0.05) is 0 Å². The van der Waals surface area contributed by atoms with E-state index in [4.69, 9.17) is 15.1 Å². The van der Waals surface area contributed by atoms with Gasteiger partial charge in [-0.25, -0.2) is 0 Å². The summed E-state index contributed by atoms with van der Waals surface area (Å²) in [6, 6.07) is 8.76.